The second-order valence-electron chi connectivity index (χ2n) is 5.21. The van der Waals surface area contributed by atoms with Gasteiger partial charge in [-0.05, 0) is 30.5 Å². The number of sulfone groups is 1. The molecule has 4 nitrogen and oxygen atoms in total. The van der Waals surface area contributed by atoms with Crippen molar-refractivity contribution in [2.45, 2.75) is 28.4 Å². The Morgan fingerprint density at radius 2 is 1.83 bits per heavy atom. The van der Waals surface area contributed by atoms with Gasteiger partial charge in [-0.15, -0.1) is 0 Å². The number of ether oxygens (including phenoxy) is 1. The third kappa shape index (κ3) is 1.77. The molecule has 0 spiro atoms. The Morgan fingerprint density at radius 3 is 2.22 bits per heavy atom. The van der Waals surface area contributed by atoms with E-state index in [4.69, 9.17) is 10.5 Å². The fourth-order valence-corrected chi connectivity index (χ4v) is 3.80. The lowest BCUT2D eigenvalue weighted by atomic mass is 9.96. The molecule has 1 aliphatic heterocycles. The molecule has 98 valence electrons. The zero-order chi connectivity index (χ0) is 12.8. The van der Waals surface area contributed by atoms with Crippen molar-refractivity contribution in [3.63, 3.8) is 0 Å². The molecule has 1 aromatic carbocycles. The Hall–Kier alpha value is -0.910. The van der Waals surface area contributed by atoms with Gasteiger partial charge in [-0.1, -0.05) is 12.1 Å². The Bertz CT molecular complexity index is 542. The summed E-state index contributed by atoms with van der Waals surface area (Å²) in [6.45, 7) is 1.27. The maximum atomic E-state index is 12.2. The molecule has 1 saturated heterocycles. The molecule has 2 N–H and O–H groups in total. The van der Waals surface area contributed by atoms with Crippen LogP contribution in [0.2, 0.25) is 0 Å². The summed E-state index contributed by atoms with van der Waals surface area (Å²) in [7, 11) is -3.21. The van der Waals surface area contributed by atoms with Gasteiger partial charge in [-0.3, -0.25) is 0 Å². The van der Waals surface area contributed by atoms with Gasteiger partial charge in [0.05, 0.1) is 18.1 Å². The highest BCUT2D eigenvalue weighted by Crippen LogP contribution is 2.47. The van der Waals surface area contributed by atoms with Crippen molar-refractivity contribution in [1.82, 2.24) is 0 Å². The zero-order valence-corrected chi connectivity index (χ0v) is 10.9. The monoisotopic (exact) mass is 267 g/mol. The van der Waals surface area contributed by atoms with E-state index in [0.717, 1.165) is 18.4 Å². The van der Waals surface area contributed by atoms with Crippen LogP contribution in [0.4, 0.5) is 0 Å². The molecule has 2 aliphatic rings. The summed E-state index contributed by atoms with van der Waals surface area (Å²) in [5.74, 6) is 0. The number of hydrogen-bond donors (Lipinski definition) is 1. The van der Waals surface area contributed by atoms with Crippen LogP contribution in [-0.4, -0.2) is 33.4 Å². The van der Waals surface area contributed by atoms with E-state index in [0.29, 0.717) is 24.7 Å². The SMILES string of the molecule is NCC1(c2ccc(S(=O)(=O)C3COC3)cc2)CC1. The molecule has 5 heteroatoms. The number of rotatable bonds is 4. The topological polar surface area (TPSA) is 69.4 Å². The Labute approximate surface area is 107 Å². The van der Waals surface area contributed by atoms with E-state index < -0.39 is 9.84 Å². The lowest BCUT2D eigenvalue weighted by Gasteiger charge is -2.25. The average Bonchev–Trinajstić information content (AvgIpc) is 3.07. The van der Waals surface area contributed by atoms with Gasteiger partial charge in [0.25, 0.3) is 0 Å². The third-order valence-corrected chi connectivity index (χ3v) is 6.16. The Morgan fingerprint density at radius 1 is 1.22 bits per heavy atom. The highest BCUT2D eigenvalue weighted by atomic mass is 32.2. The van der Waals surface area contributed by atoms with E-state index in [2.05, 4.69) is 0 Å². The Balaban J connectivity index is 1.87. The van der Waals surface area contributed by atoms with Gasteiger partial charge in [-0.2, -0.15) is 0 Å². The van der Waals surface area contributed by atoms with Gasteiger partial charge in [0.15, 0.2) is 9.84 Å². The van der Waals surface area contributed by atoms with Crippen LogP contribution in [0.5, 0.6) is 0 Å². The highest BCUT2D eigenvalue weighted by molar-refractivity contribution is 7.92. The molecule has 1 aromatic rings. The first kappa shape index (κ1) is 12.1. The molecule has 0 amide bonds. The van der Waals surface area contributed by atoms with Gasteiger partial charge >= 0.3 is 0 Å². The van der Waals surface area contributed by atoms with Crippen LogP contribution in [0.15, 0.2) is 29.2 Å². The van der Waals surface area contributed by atoms with Crippen molar-refractivity contribution in [3.8, 4) is 0 Å². The van der Waals surface area contributed by atoms with E-state index in [9.17, 15) is 8.42 Å². The molecule has 2 fully saturated rings. The predicted octanol–water partition coefficient (Wildman–Crippen LogP) is 0.849. The predicted molar refractivity (Wildman–Crippen MR) is 68.2 cm³/mol. The first-order valence-electron chi connectivity index (χ1n) is 6.21. The molecule has 0 aromatic heterocycles. The van der Waals surface area contributed by atoms with Crippen LogP contribution >= 0.6 is 0 Å². The van der Waals surface area contributed by atoms with E-state index in [1.807, 2.05) is 12.1 Å². The van der Waals surface area contributed by atoms with Crippen molar-refractivity contribution >= 4 is 9.84 Å². The molecule has 1 aliphatic carbocycles. The normalized spacial score (nSPS) is 22.5. The summed E-state index contributed by atoms with van der Waals surface area (Å²) in [5.41, 5.74) is 7.04. The van der Waals surface area contributed by atoms with Crippen molar-refractivity contribution in [1.29, 1.82) is 0 Å². The fraction of sp³-hybridized carbons (Fsp3) is 0.538. The first-order chi connectivity index (χ1) is 8.58. The molecule has 1 saturated carbocycles. The molecule has 0 atom stereocenters. The van der Waals surface area contributed by atoms with Crippen LogP contribution in [0.3, 0.4) is 0 Å². The van der Waals surface area contributed by atoms with Crippen LogP contribution in [0, 0.1) is 0 Å². The van der Waals surface area contributed by atoms with Crippen LogP contribution in [-0.2, 0) is 20.0 Å². The molecule has 0 unspecified atom stereocenters. The molecule has 0 radical (unpaired) electrons. The first-order valence-corrected chi connectivity index (χ1v) is 7.75. The quantitative estimate of drug-likeness (QED) is 0.878. The maximum Gasteiger partial charge on any atom is 0.185 e. The van der Waals surface area contributed by atoms with Crippen molar-refractivity contribution in [3.05, 3.63) is 29.8 Å². The number of nitrogens with two attached hydrogens (primary N) is 1. The largest absolute Gasteiger partial charge is 0.379 e. The summed E-state index contributed by atoms with van der Waals surface area (Å²) >= 11 is 0. The molecule has 18 heavy (non-hydrogen) atoms. The standard InChI is InChI=1S/C13H17NO3S/c14-9-13(5-6-13)10-1-3-11(4-2-10)18(15,16)12-7-17-8-12/h1-4,12H,5-9,14H2. The molecular formula is C13H17NO3S. The minimum Gasteiger partial charge on any atom is -0.379 e. The van der Waals surface area contributed by atoms with Gasteiger partial charge in [-0.25, -0.2) is 8.42 Å². The number of hydrogen-bond acceptors (Lipinski definition) is 4. The summed E-state index contributed by atoms with van der Waals surface area (Å²) < 4.78 is 29.3. The fourth-order valence-electron chi connectivity index (χ4n) is 2.35. The van der Waals surface area contributed by atoms with Crippen molar-refractivity contribution in [2.24, 2.45) is 5.73 Å². The summed E-state index contributed by atoms with van der Waals surface area (Å²) in [5, 5.41) is -0.368. The van der Waals surface area contributed by atoms with Gasteiger partial charge in [0.1, 0.15) is 5.25 Å². The summed E-state index contributed by atoms with van der Waals surface area (Å²) in [6, 6.07) is 7.23. The minimum atomic E-state index is -3.21. The molecule has 0 bridgehead atoms. The summed E-state index contributed by atoms with van der Waals surface area (Å²) in [6.07, 6.45) is 2.21. The third-order valence-electron chi connectivity index (χ3n) is 4.09. The Kier molecular flexibility index (Phi) is 2.73. The highest BCUT2D eigenvalue weighted by Gasteiger charge is 2.43. The molecular weight excluding hydrogens is 250 g/mol. The van der Waals surface area contributed by atoms with Gasteiger partial charge in [0.2, 0.25) is 0 Å². The second-order valence-corrected chi connectivity index (χ2v) is 7.44. The van der Waals surface area contributed by atoms with Crippen molar-refractivity contribution in [2.75, 3.05) is 19.8 Å². The van der Waals surface area contributed by atoms with E-state index >= 15 is 0 Å². The molecule has 3 rings (SSSR count). The summed E-state index contributed by atoms with van der Waals surface area (Å²) in [4.78, 5) is 0.396. The number of benzene rings is 1. The maximum absolute atomic E-state index is 12.2. The van der Waals surface area contributed by atoms with Crippen molar-refractivity contribution < 1.29 is 13.2 Å². The molecule has 1 heterocycles. The second kappa shape index (κ2) is 4.05. The van der Waals surface area contributed by atoms with Crippen LogP contribution in [0.1, 0.15) is 18.4 Å². The van der Waals surface area contributed by atoms with E-state index in [-0.39, 0.29) is 10.7 Å². The van der Waals surface area contributed by atoms with Gasteiger partial charge in [0, 0.05) is 12.0 Å². The van der Waals surface area contributed by atoms with E-state index in [1.165, 1.54) is 0 Å². The van der Waals surface area contributed by atoms with Crippen LogP contribution < -0.4 is 5.73 Å². The smallest absolute Gasteiger partial charge is 0.185 e. The lowest BCUT2D eigenvalue weighted by molar-refractivity contribution is 0.0416. The zero-order valence-electron chi connectivity index (χ0n) is 10.1. The van der Waals surface area contributed by atoms with E-state index in [1.54, 1.807) is 12.1 Å². The van der Waals surface area contributed by atoms with Gasteiger partial charge < -0.3 is 10.5 Å². The lowest BCUT2D eigenvalue weighted by Crippen LogP contribution is -2.40. The average molecular weight is 267 g/mol. The van der Waals surface area contributed by atoms with Crippen LogP contribution in [0.25, 0.3) is 0 Å². The minimum absolute atomic E-state index is 0.113.